The van der Waals surface area contributed by atoms with Gasteiger partial charge in [0.05, 0.1) is 6.10 Å². The van der Waals surface area contributed by atoms with Crippen LogP contribution in [0.4, 0.5) is 4.79 Å². The molecule has 2 fully saturated rings. The number of aliphatic hydroxyl groups excluding tert-OH is 1. The van der Waals surface area contributed by atoms with Gasteiger partial charge >= 0.3 is 6.09 Å². The lowest BCUT2D eigenvalue weighted by Crippen LogP contribution is -2.42. The van der Waals surface area contributed by atoms with Gasteiger partial charge in [0.1, 0.15) is 23.2 Å². The summed E-state index contributed by atoms with van der Waals surface area (Å²) in [6.07, 6.45) is 3.42. The highest BCUT2D eigenvalue weighted by Gasteiger charge is 2.25. The van der Waals surface area contributed by atoms with Gasteiger partial charge in [-0.1, -0.05) is 36.4 Å². The molecule has 0 aromatic heterocycles. The van der Waals surface area contributed by atoms with Gasteiger partial charge in [-0.05, 0) is 83.8 Å². The van der Waals surface area contributed by atoms with Crippen LogP contribution in [0.5, 0.6) is 11.5 Å². The molecular weight excluding hydrogens is 468 g/mol. The van der Waals surface area contributed by atoms with Gasteiger partial charge in [0.15, 0.2) is 0 Å². The van der Waals surface area contributed by atoms with Crippen molar-refractivity contribution in [2.24, 2.45) is 0 Å². The Balaban J connectivity index is 0.000000272. The Morgan fingerprint density at radius 3 is 1.89 bits per heavy atom. The monoisotopic (exact) mass is 508 g/mol. The highest BCUT2D eigenvalue weighted by atomic mass is 35.5. The summed E-state index contributed by atoms with van der Waals surface area (Å²) in [7, 11) is 0. The van der Waals surface area contributed by atoms with Crippen LogP contribution < -0.4 is 10.1 Å². The maximum absolute atomic E-state index is 11.5. The van der Waals surface area contributed by atoms with Crippen molar-refractivity contribution in [2.45, 2.75) is 64.3 Å². The number of piperidine rings is 2. The van der Waals surface area contributed by atoms with E-state index >= 15 is 0 Å². The number of carbonyl (C=O) groups excluding carboxylic acids is 1. The second-order valence-electron chi connectivity index (χ2n) is 9.41. The molecule has 0 atom stereocenters. The van der Waals surface area contributed by atoms with E-state index in [1.54, 1.807) is 29.2 Å². The lowest BCUT2D eigenvalue weighted by molar-refractivity contribution is 0.0101. The fraction of sp³-hybridized carbons (Fsp3) is 0.519. The number of amides is 1. The Hall–Kier alpha value is -2.48. The fourth-order valence-corrected chi connectivity index (χ4v) is 3.41. The number of aromatic hydroxyl groups is 1. The second-order valence-corrected chi connectivity index (χ2v) is 9.41. The molecule has 0 saturated carbocycles. The SMILES string of the molecule is CC(C)(C)OC(=O)N1CCC(O)CC1.Cl.Oc1ccccc1.c1ccc(OC2CCNCC2)cc1. The summed E-state index contributed by atoms with van der Waals surface area (Å²) in [5.74, 6) is 1.32. The summed E-state index contributed by atoms with van der Waals surface area (Å²) < 4.78 is 11.0. The number of ether oxygens (including phenoxy) is 2. The first kappa shape index (κ1) is 30.6. The van der Waals surface area contributed by atoms with Gasteiger partial charge in [0.25, 0.3) is 0 Å². The van der Waals surface area contributed by atoms with Crippen molar-refractivity contribution < 1.29 is 24.5 Å². The van der Waals surface area contributed by atoms with E-state index in [0.29, 0.717) is 37.8 Å². The maximum Gasteiger partial charge on any atom is 0.410 e. The highest BCUT2D eigenvalue weighted by Crippen LogP contribution is 2.16. The van der Waals surface area contributed by atoms with Gasteiger partial charge in [-0.25, -0.2) is 4.79 Å². The molecule has 2 aliphatic heterocycles. The number of para-hydroxylation sites is 2. The molecular formula is C27H41ClN2O5. The Labute approximate surface area is 215 Å². The third-order valence-electron chi connectivity index (χ3n) is 5.20. The number of benzene rings is 2. The van der Waals surface area contributed by atoms with Crippen LogP contribution in [0, 0.1) is 0 Å². The number of nitrogens with zero attached hydrogens (tertiary/aromatic N) is 1. The minimum atomic E-state index is -0.437. The molecule has 0 bridgehead atoms. The molecule has 2 aromatic carbocycles. The quantitative estimate of drug-likeness (QED) is 0.528. The molecule has 0 aliphatic carbocycles. The Morgan fingerprint density at radius 1 is 0.914 bits per heavy atom. The van der Waals surface area contributed by atoms with E-state index in [1.807, 2.05) is 57.2 Å². The molecule has 8 heteroatoms. The molecule has 4 rings (SSSR count). The molecule has 1 amide bonds. The largest absolute Gasteiger partial charge is 0.508 e. The normalized spacial score (nSPS) is 16.4. The first-order valence-corrected chi connectivity index (χ1v) is 12.1. The maximum atomic E-state index is 11.5. The van der Waals surface area contributed by atoms with Crippen molar-refractivity contribution >= 4 is 18.5 Å². The zero-order valence-corrected chi connectivity index (χ0v) is 21.9. The van der Waals surface area contributed by atoms with Gasteiger partial charge in [-0.2, -0.15) is 0 Å². The highest BCUT2D eigenvalue weighted by molar-refractivity contribution is 5.85. The van der Waals surface area contributed by atoms with Crippen LogP contribution in [0.1, 0.15) is 46.5 Å². The minimum absolute atomic E-state index is 0. The number of phenolic OH excluding ortho intramolecular Hbond substituents is 1. The minimum Gasteiger partial charge on any atom is -0.508 e. The van der Waals surface area contributed by atoms with Gasteiger partial charge in [0, 0.05) is 13.1 Å². The van der Waals surface area contributed by atoms with E-state index in [2.05, 4.69) is 5.32 Å². The lowest BCUT2D eigenvalue weighted by atomic mass is 10.1. The summed E-state index contributed by atoms with van der Waals surface area (Å²) in [6.45, 7) is 8.90. The van der Waals surface area contributed by atoms with E-state index in [9.17, 15) is 9.90 Å². The number of carbonyl (C=O) groups is 1. The number of hydrogen-bond donors (Lipinski definition) is 3. The number of halogens is 1. The van der Waals surface area contributed by atoms with Crippen molar-refractivity contribution in [1.82, 2.24) is 10.2 Å². The Bertz CT molecular complexity index is 803. The van der Waals surface area contributed by atoms with Crippen molar-refractivity contribution in [2.75, 3.05) is 26.2 Å². The lowest BCUT2D eigenvalue weighted by Gasteiger charge is -2.31. The molecule has 2 heterocycles. The van der Waals surface area contributed by atoms with E-state index in [4.69, 9.17) is 14.6 Å². The first-order valence-electron chi connectivity index (χ1n) is 12.1. The van der Waals surface area contributed by atoms with Gasteiger partial charge in [-0.15, -0.1) is 12.4 Å². The van der Waals surface area contributed by atoms with Crippen LogP contribution in [0.15, 0.2) is 60.7 Å². The summed E-state index contributed by atoms with van der Waals surface area (Å²) in [5.41, 5.74) is -0.437. The average Bonchev–Trinajstić information content (AvgIpc) is 2.81. The van der Waals surface area contributed by atoms with Crippen LogP contribution >= 0.6 is 12.4 Å². The average molecular weight is 509 g/mol. The zero-order valence-electron chi connectivity index (χ0n) is 21.1. The summed E-state index contributed by atoms with van der Waals surface area (Å²) in [5, 5.41) is 21.2. The standard InChI is InChI=1S/C11H15NO.C10H19NO3.C6H6O.ClH/c1-2-4-10(5-3-1)13-11-6-8-12-9-7-11;1-10(2,3)14-9(13)11-6-4-8(12)5-7-11;7-6-4-2-1-3-5-6;/h1-5,11-12H,6-9H2;8,12H,4-7H2,1-3H3;1-5,7H;1H. The third-order valence-corrected chi connectivity index (χ3v) is 5.20. The van der Waals surface area contributed by atoms with Gasteiger partial charge in [-0.3, -0.25) is 0 Å². The molecule has 0 unspecified atom stereocenters. The third kappa shape index (κ3) is 13.9. The topological polar surface area (TPSA) is 91.3 Å². The van der Waals surface area contributed by atoms with E-state index in [0.717, 1.165) is 31.7 Å². The summed E-state index contributed by atoms with van der Waals surface area (Å²) >= 11 is 0. The smallest absolute Gasteiger partial charge is 0.410 e. The molecule has 0 radical (unpaired) electrons. The second kappa shape index (κ2) is 16.2. The Kier molecular flexibility index (Phi) is 14.2. The van der Waals surface area contributed by atoms with E-state index in [-0.39, 0.29) is 24.6 Å². The number of aliphatic hydroxyl groups is 1. The fourth-order valence-electron chi connectivity index (χ4n) is 3.41. The number of nitrogens with one attached hydrogen (secondary N) is 1. The molecule has 2 aromatic rings. The predicted octanol–water partition coefficient (Wildman–Crippen LogP) is 5.01. The van der Waals surface area contributed by atoms with Crippen molar-refractivity contribution in [3.05, 3.63) is 60.7 Å². The number of likely N-dealkylation sites (tertiary alicyclic amines) is 1. The molecule has 2 aliphatic rings. The van der Waals surface area contributed by atoms with Gasteiger partial charge in [0.2, 0.25) is 0 Å². The number of hydrogen-bond acceptors (Lipinski definition) is 6. The molecule has 3 N–H and O–H groups in total. The number of rotatable bonds is 2. The van der Waals surface area contributed by atoms with Gasteiger partial charge < -0.3 is 29.9 Å². The van der Waals surface area contributed by atoms with Crippen molar-refractivity contribution in [3.8, 4) is 11.5 Å². The first-order chi connectivity index (χ1) is 16.2. The number of phenols is 1. The van der Waals surface area contributed by atoms with E-state index < -0.39 is 5.60 Å². The summed E-state index contributed by atoms with van der Waals surface area (Å²) in [4.78, 5) is 13.2. The molecule has 2 saturated heterocycles. The van der Waals surface area contributed by atoms with Crippen LogP contribution in [-0.4, -0.2) is 65.2 Å². The predicted molar refractivity (Wildman–Crippen MR) is 141 cm³/mol. The molecule has 35 heavy (non-hydrogen) atoms. The van der Waals surface area contributed by atoms with E-state index in [1.165, 1.54) is 0 Å². The van der Waals surface area contributed by atoms with Crippen LogP contribution in [-0.2, 0) is 4.74 Å². The van der Waals surface area contributed by atoms with Crippen molar-refractivity contribution in [1.29, 1.82) is 0 Å². The Morgan fingerprint density at radius 2 is 1.43 bits per heavy atom. The zero-order chi connectivity index (χ0) is 24.8. The van der Waals surface area contributed by atoms with Crippen LogP contribution in [0.3, 0.4) is 0 Å². The van der Waals surface area contributed by atoms with Crippen LogP contribution in [0.25, 0.3) is 0 Å². The molecule has 196 valence electrons. The molecule has 0 spiro atoms. The van der Waals surface area contributed by atoms with Crippen LogP contribution in [0.2, 0.25) is 0 Å². The summed E-state index contributed by atoms with van der Waals surface area (Å²) in [6, 6.07) is 18.8. The molecule has 7 nitrogen and oxygen atoms in total. The van der Waals surface area contributed by atoms with Crippen molar-refractivity contribution in [3.63, 3.8) is 0 Å².